The first-order chi connectivity index (χ1) is 12.0. The Hall–Kier alpha value is -2.70. The van der Waals surface area contributed by atoms with E-state index in [-0.39, 0.29) is 17.5 Å². The zero-order chi connectivity index (χ0) is 17.8. The highest BCUT2D eigenvalue weighted by molar-refractivity contribution is 5.94. The molecule has 1 aliphatic rings. The van der Waals surface area contributed by atoms with Gasteiger partial charge in [-0.2, -0.15) is 0 Å². The summed E-state index contributed by atoms with van der Waals surface area (Å²) in [5, 5.41) is 2.94. The van der Waals surface area contributed by atoms with Crippen molar-refractivity contribution < 1.29 is 9.18 Å². The first-order valence-corrected chi connectivity index (χ1v) is 8.34. The van der Waals surface area contributed by atoms with Crippen LogP contribution in [0.25, 0.3) is 0 Å². The lowest BCUT2D eigenvalue weighted by Crippen LogP contribution is -2.48. The van der Waals surface area contributed by atoms with Crippen LogP contribution in [0.1, 0.15) is 23.2 Å². The number of rotatable bonds is 4. The third-order valence-corrected chi connectivity index (χ3v) is 4.30. The predicted octanol–water partition coefficient (Wildman–Crippen LogP) is 2.08. The highest BCUT2D eigenvalue weighted by Gasteiger charge is 2.24. The number of carbonyl (C=O) groups is 1. The molecule has 1 amide bonds. The lowest BCUT2D eigenvalue weighted by Gasteiger charge is -2.34. The Morgan fingerprint density at radius 1 is 1.32 bits per heavy atom. The van der Waals surface area contributed by atoms with Gasteiger partial charge in [-0.1, -0.05) is 12.1 Å². The van der Waals surface area contributed by atoms with Crippen LogP contribution in [0.4, 0.5) is 16.0 Å². The van der Waals surface area contributed by atoms with E-state index in [4.69, 9.17) is 0 Å². The van der Waals surface area contributed by atoms with Crippen molar-refractivity contribution in [3.63, 3.8) is 0 Å². The molecular weight excluding hydrogens is 321 g/mol. The Balaban J connectivity index is 1.68. The van der Waals surface area contributed by atoms with Gasteiger partial charge in [0, 0.05) is 39.3 Å². The van der Waals surface area contributed by atoms with Gasteiger partial charge in [0.1, 0.15) is 23.8 Å². The van der Waals surface area contributed by atoms with E-state index in [1.165, 1.54) is 12.1 Å². The lowest BCUT2D eigenvalue weighted by molar-refractivity contribution is 0.0929. The van der Waals surface area contributed by atoms with Crippen molar-refractivity contribution >= 4 is 17.5 Å². The van der Waals surface area contributed by atoms with Crippen molar-refractivity contribution in [3.05, 3.63) is 48.0 Å². The maximum Gasteiger partial charge on any atom is 0.254 e. The quantitative estimate of drug-likeness (QED) is 0.921. The summed E-state index contributed by atoms with van der Waals surface area (Å²) in [7, 11) is 3.86. The second kappa shape index (κ2) is 7.46. The fraction of sp³-hybridized carbons (Fsp3) is 0.389. The van der Waals surface area contributed by atoms with Crippen LogP contribution in [0.5, 0.6) is 0 Å². The van der Waals surface area contributed by atoms with Crippen LogP contribution in [0.2, 0.25) is 0 Å². The number of anilines is 2. The highest BCUT2D eigenvalue weighted by atomic mass is 19.1. The number of amides is 1. The number of nitrogens with zero attached hydrogens (tertiary/aromatic N) is 4. The molecule has 7 heteroatoms. The lowest BCUT2D eigenvalue weighted by atomic mass is 10.0. The van der Waals surface area contributed by atoms with E-state index < -0.39 is 5.82 Å². The Kier molecular flexibility index (Phi) is 5.11. The fourth-order valence-corrected chi connectivity index (χ4v) is 2.97. The number of halogens is 1. The average molecular weight is 343 g/mol. The van der Waals surface area contributed by atoms with Crippen molar-refractivity contribution in [1.82, 2.24) is 15.3 Å². The summed E-state index contributed by atoms with van der Waals surface area (Å²) in [4.78, 5) is 24.9. The summed E-state index contributed by atoms with van der Waals surface area (Å²) < 4.78 is 13.8. The van der Waals surface area contributed by atoms with Crippen LogP contribution in [-0.4, -0.2) is 49.1 Å². The Morgan fingerprint density at radius 3 is 2.88 bits per heavy atom. The Labute approximate surface area is 146 Å². The number of benzene rings is 1. The molecule has 0 saturated carbocycles. The molecule has 0 bridgehead atoms. The van der Waals surface area contributed by atoms with E-state index >= 15 is 0 Å². The summed E-state index contributed by atoms with van der Waals surface area (Å²) in [5.41, 5.74) is 0.0801. The van der Waals surface area contributed by atoms with Gasteiger partial charge in [-0.25, -0.2) is 14.4 Å². The molecule has 2 heterocycles. The van der Waals surface area contributed by atoms with Gasteiger partial charge in [0.15, 0.2) is 0 Å². The van der Waals surface area contributed by atoms with Gasteiger partial charge in [0.25, 0.3) is 5.91 Å². The Morgan fingerprint density at radius 2 is 2.12 bits per heavy atom. The van der Waals surface area contributed by atoms with Crippen molar-refractivity contribution in [1.29, 1.82) is 0 Å². The van der Waals surface area contributed by atoms with Crippen LogP contribution >= 0.6 is 0 Å². The molecular formula is C18H22FN5O. The molecule has 2 aromatic rings. The van der Waals surface area contributed by atoms with E-state index in [9.17, 15) is 9.18 Å². The van der Waals surface area contributed by atoms with E-state index in [0.29, 0.717) is 6.54 Å². The fourth-order valence-electron chi connectivity index (χ4n) is 2.97. The van der Waals surface area contributed by atoms with Crippen LogP contribution in [0.15, 0.2) is 36.7 Å². The Bertz CT molecular complexity index is 752. The van der Waals surface area contributed by atoms with Gasteiger partial charge in [-0.05, 0) is 25.0 Å². The van der Waals surface area contributed by atoms with Gasteiger partial charge < -0.3 is 15.1 Å². The van der Waals surface area contributed by atoms with Crippen molar-refractivity contribution in [2.75, 3.05) is 37.0 Å². The molecule has 1 aromatic carbocycles. The van der Waals surface area contributed by atoms with Crippen LogP contribution < -0.4 is 15.1 Å². The predicted molar refractivity (Wildman–Crippen MR) is 95.5 cm³/mol. The largest absolute Gasteiger partial charge is 0.363 e. The summed E-state index contributed by atoms with van der Waals surface area (Å²) in [5.74, 6) is 0.798. The number of nitrogens with one attached hydrogen (secondary N) is 1. The second-order valence-corrected chi connectivity index (χ2v) is 6.37. The molecule has 3 rings (SSSR count). The van der Waals surface area contributed by atoms with E-state index in [0.717, 1.165) is 31.0 Å². The number of aromatic nitrogens is 2. The van der Waals surface area contributed by atoms with E-state index in [2.05, 4.69) is 20.2 Å². The molecule has 0 radical (unpaired) electrons. The highest BCUT2D eigenvalue weighted by Crippen LogP contribution is 2.21. The zero-order valence-electron chi connectivity index (χ0n) is 14.4. The molecule has 6 nitrogen and oxygen atoms in total. The first-order valence-electron chi connectivity index (χ1n) is 8.34. The van der Waals surface area contributed by atoms with Gasteiger partial charge in [-0.15, -0.1) is 0 Å². The van der Waals surface area contributed by atoms with E-state index in [1.54, 1.807) is 18.5 Å². The number of hydrogen-bond acceptors (Lipinski definition) is 5. The molecule has 1 atom stereocenters. The second-order valence-electron chi connectivity index (χ2n) is 6.37. The summed E-state index contributed by atoms with van der Waals surface area (Å²) >= 11 is 0. The molecule has 0 spiro atoms. The maximum atomic E-state index is 13.8. The van der Waals surface area contributed by atoms with Crippen LogP contribution in [0, 0.1) is 5.82 Å². The smallest absolute Gasteiger partial charge is 0.254 e. The third kappa shape index (κ3) is 4.04. The van der Waals surface area contributed by atoms with Crippen molar-refractivity contribution in [2.45, 2.75) is 18.9 Å². The first kappa shape index (κ1) is 17.1. The average Bonchev–Trinajstić information content (AvgIpc) is 2.62. The maximum absolute atomic E-state index is 13.8. The molecule has 1 N–H and O–H groups in total. The van der Waals surface area contributed by atoms with Crippen LogP contribution in [-0.2, 0) is 0 Å². The molecule has 1 unspecified atom stereocenters. The summed E-state index contributed by atoms with van der Waals surface area (Å²) in [6, 6.07) is 7.92. The number of carbonyl (C=O) groups excluding carboxylic acids is 1. The molecule has 1 aromatic heterocycles. The summed E-state index contributed by atoms with van der Waals surface area (Å²) in [6.45, 7) is 1.51. The minimum atomic E-state index is -0.501. The molecule has 132 valence electrons. The third-order valence-electron chi connectivity index (χ3n) is 4.30. The molecule has 25 heavy (non-hydrogen) atoms. The van der Waals surface area contributed by atoms with Gasteiger partial charge in [-0.3, -0.25) is 4.79 Å². The minimum absolute atomic E-state index is 0.0429. The van der Waals surface area contributed by atoms with Crippen molar-refractivity contribution in [3.8, 4) is 0 Å². The van der Waals surface area contributed by atoms with Crippen molar-refractivity contribution in [2.24, 2.45) is 0 Å². The minimum Gasteiger partial charge on any atom is -0.363 e. The van der Waals surface area contributed by atoms with E-state index in [1.807, 2.05) is 25.1 Å². The van der Waals surface area contributed by atoms with Gasteiger partial charge in [0.05, 0.1) is 5.56 Å². The SMILES string of the molecule is CN(C)c1cc(N2CCCC(NC(=O)c3ccccc3F)C2)ncn1. The monoisotopic (exact) mass is 343 g/mol. The zero-order valence-corrected chi connectivity index (χ0v) is 14.4. The van der Waals surface area contributed by atoms with Gasteiger partial charge >= 0.3 is 0 Å². The van der Waals surface area contributed by atoms with Crippen LogP contribution in [0.3, 0.4) is 0 Å². The normalized spacial score (nSPS) is 17.2. The van der Waals surface area contributed by atoms with Gasteiger partial charge in [0.2, 0.25) is 0 Å². The molecule has 0 aliphatic carbocycles. The standard InChI is InChI=1S/C18H22FN5O/c1-23(2)16-10-17(21-12-20-16)24-9-5-6-13(11-24)22-18(25)14-7-3-4-8-15(14)19/h3-4,7-8,10,12-13H,5-6,9,11H2,1-2H3,(H,22,25). The topological polar surface area (TPSA) is 61.4 Å². The molecule has 1 aliphatic heterocycles. The summed E-state index contributed by atoms with van der Waals surface area (Å²) in [6.07, 6.45) is 3.35. The molecule has 1 fully saturated rings. The number of piperidine rings is 1. The molecule has 1 saturated heterocycles. The number of hydrogen-bond donors (Lipinski definition) is 1.